The number of benzene rings is 3. The number of aromatic nitrogens is 1. The zero-order valence-corrected chi connectivity index (χ0v) is 24.0. The summed E-state index contributed by atoms with van der Waals surface area (Å²) >= 11 is 0. The van der Waals surface area contributed by atoms with Crippen molar-refractivity contribution in [3.05, 3.63) is 90.0 Å². The Kier molecular flexibility index (Phi) is 8.12. The highest BCUT2D eigenvalue weighted by atomic mass is 16.6. The molecular weight excluding hydrogens is 528 g/mol. The van der Waals surface area contributed by atoms with E-state index in [0.29, 0.717) is 30.6 Å². The van der Waals surface area contributed by atoms with E-state index in [4.69, 9.17) is 10.00 Å². The van der Waals surface area contributed by atoms with Crippen molar-refractivity contribution < 1.29 is 19.1 Å². The lowest BCUT2D eigenvalue weighted by molar-refractivity contribution is -0.157. The van der Waals surface area contributed by atoms with E-state index in [-0.39, 0.29) is 18.2 Å². The highest BCUT2D eigenvalue weighted by molar-refractivity contribution is 5.99. The fourth-order valence-corrected chi connectivity index (χ4v) is 5.40. The number of ether oxygens (including phenoxy) is 1. The van der Waals surface area contributed by atoms with Gasteiger partial charge in [-0.05, 0) is 81.1 Å². The highest BCUT2D eigenvalue weighted by Crippen LogP contribution is 2.30. The van der Waals surface area contributed by atoms with Crippen LogP contribution in [0.3, 0.4) is 0 Å². The Balaban J connectivity index is 1.29. The number of nitrogens with one attached hydrogen (secondary N) is 2. The summed E-state index contributed by atoms with van der Waals surface area (Å²) < 4.78 is 5.52. The number of hydrogen-bond acceptors (Lipinski definition) is 5. The van der Waals surface area contributed by atoms with Crippen LogP contribution < -0.4 is 5.32 Å². The Labute approximate surface area is 245 Å². The lowest BCUT2D eigenvalue weighted by Crippen LogP contribution is -2.45. The molecule has 0 unspecified atom stereocenters. The maximum absolute atomic E-state index is 13.8. The van der Waals surface area contributed by atoms with Gasteiger partial charge in [-0.1, -0.05) is 42.5 Å². The summed E-state index contributed by atoms with van der Waals surface area (Å²) in [5.74, 6) is -1.70. The molecule has 2 N–H and O–H groups in total. The molecule has 1 fully saturated rings. The third-order valence-electron chi connectivity index (χ3n) is 7.34. The van der Waals surface area contributed by atoms with Crippen LogP contribution in [0, 0.1) is 11.3 Å². The Bertz CT molecular complexity index is 1650. The molecule has 0 aliphatic carbocycles. The molecule has 1 aliphatic rings. The number of carbonyl (C=O) groups is 3. The smallest absolute Gasteiger partial charge is 0.307 e. The predicted molar refractivity (Wildman–Crippen MR) is 161 cm³/mol. The Morgan fingerprint density at radius 3 is 2.48 bits per heavy atom. The first-order valence-corrected chi connectivity index (χ1v) is 14.1. The number of nitriles is 1. The molecule has 5 rings (SSSR count). The third kappa shape index (κ3) is 6.52. The zero-order valence-electron chi connectivity index (χ0n) is 24.0. The van der Waals surface area contributed by atoms with E-state index < -0.39 is 23.5 Å². The summed E-state index contributed by atoms with van der Waals surface area (Å²) in [4.78, 5) is 45.0. The van der Waals surface area contributed by atoms with E-state index in [1.165, 1.54) is 0 Å². The second-order valence-electron chi connectivity index (χ2n) is 11.6. The van der Waals surface area contributed by atoms with Crippen LogP contribution in [0.25, 0.3) is 22.2 Å². The van der Waals surface area contributed by atoms with Crippen molar-refractivity contribution >= 4 is 34.4 Å². The fraction of sp³-hybridized carbons (Fsp3) is 0.294. The first-order valence-electron chi connectivity index (χ1n) is 14.1. The summed E-state index contributed by atoms with van der Waals surface area (Å²) in [5, 5.41) is 13.1. The average Bonchev–Trinajstić information content (AvgIpc) is 3.63. The van der Waals surface area contributed by atoms with Crippen LogP contribution in [0.15, 0.2) is 78.9 Å². The van der Waals surface area contributed by atoms with Crippen LogP contribution in [0.1, 0.15) is 57.1 Å². The van der Waals surface area contributed by atoms with Gasteiger partial charge < -0.3 is 19.9 Å². The lowest BCUT2D eigenvalue weighted by atomic mass is 9.93. The zero-order chi connectivity index (χ0) is 29.9. The molecule has 2 atom stereocenters. The minimum absolute atomic E-state index is 0.0992. The molecule has 8 heteroatoms. The van der Waals surface area contributed by atoms with Gasteiger partial charge in [0.25, 0.3) is 0 Å². The number of aromatic amines is 1. The van der Waals surface area contributed by atoms with Crippen molar-refractivity contribution in [2.24, 2.45) is 0 Å². The second-order valence-corrected chi connectivity index (χ2v) is 11.6. The topological polar surface area (TPSA) is 115 Å². The van der Waals surface area contributed by atoms with Crippen molar-refractivity contribution in [1.29, 1.82) is 5.26 Å². The van der Waals surface area contributed by atoms with Gasteiger partial charge in [0.1, 0.15) is 11.6 Å². The molecular formula is C34H34N4O4. The molecule has 2 amide bonds. The highest BCUT2D eigenvalue weighted by Gasteiger charge is 2.39. The second kappa shape index (κ2) is 11.9. The maximum atomic E-state index is 13.8. The van der Waals surface area contributed by atoms with Crippen molar-refractivity contribution in [1.82, 2.24) is 9.88 Å². The van der Waals surface area contributed by atoms with Crippen molar-refractivity contribution in [2.45, 2.75) is 57.6 Å². The largest absolute Gasteiger partial charge is 0.460 e. The number of likely N-dealkylation sites (tertiary alicyclic amines) is 1. The molecule has 2 heterocycles. The van der Waals surface area contributed by atoms with Crippen LogP contribution in [0.2, 0.25) is 0 Å². The van der Waals surface area contributed by atoms with E-state index in [9.17, 15) is 14.4 Å². The normalized spacial score (nSPS) is 15.7. The summed E-state index contributed by atoms with van der Waals surface area (Å²) in [7, 11) is 0. The molecule has 8 nitrogen and oxygen atoms in total. The van der Waals surface area contributed by atoms with Crippen molar-refractivity contribution in [3.63, 3.8) is 0 Å². The summed E-state index contributed by atoms with van der Waals surface area (Å²) in [6.07, 6.45) is 1.14. The minimum Gasteiger partial charge on any atom is -0.460 e. The van der Waals surface area contributed by atoms with Gasteiger partial charge in [-0.2, -0.15) is 5.26 Å². The van der Waals surface area contributed by atoms with Gasteiger partial charge in [0.05, 0.1) is 24.0 Å². The van der Waals surface area contributed by atoms with Gasteiger partial charge in [-0.3, -0.25) is 14.4 Å². The first-order chi connectivity index (χ1) is 20.1. The SMILES string of the molecule is CC(C)(C)OC(=O)C[C@H](C(=O)N1CCC[C@H]1C(=O)Nc1ccc(-c2cc3cc(C#N)ccc3[nH]2)cc1)c1ccccc1. The number of fused-ring (bicyclic) bond motifs is 1. The number of carbonyl (C=O) groups excluding carboxylic acids is 3. The van der Waals surface area contributed by atoms with Gasteiger partial charge in [0, 0.05) is 28.8 Å². The Morgan fingerprint density at radius 1 is 1.05 bits per heavy atom. The molecule has 214 valence electrons. The van der Waals surface area contributed by atoms with Crippen LogP contribution in [0.4, 0.5) is 5.69 Å². The Morgan fingerprint density at radius 2 is 1.79 bits per heavy atom. The number of hydrogen-bond donors (Lipinski definition) is 2. The third-order valence-corrected chi connectivity index (χ3v) is 7.34. The van der Waals surface area contributed by atoms with Crippen molar-refractivity contribution in [2.75, 3.05) is 11.9 Å². The quantitative estimate of drug-likeness (QED) is 0.262. The first kappa shape index (κ1) is 28.6. The molecule has 3 aromatic carbocycles. The summed E-state index contributed by atoms with van der Waals surface area (Å²) in [6.45, 7) is 5.83. The molecule has 1 aliphatic heterocycles. The van der Waals surface area contributed by atoms with E-state index >= 15 is 0 Å². The predicted octanol–water partition coefficient (Wildman–Crippen LogP) is 6.15. The number of nitrogens with zero attached hydrogens (tertiary/aromatic N) is 2. The molecule has 1 saturated heterocycles. The number of amides is 2. The van der Waals surface area contributed by atoms with E-state index in [0.717, 1.165) is 27.7 Å². The molecule has 0 bridgehead atoms. The lowest BCUT2D eigenvalue weighted by Gasteiger charge is -2.29. The van der Waals surface area contributed by atoms with Crippen LogP contribution in [0.5, 0.6) is 0 Å². The van der Waals surface area contributed by atoms with Crippen molar-refractivity contribution in [3.8, 4) is 17.3 Å². The molecule has 0 saturated carbocycles. The van der Waals surface area contributed by atoms with Crippen LogP contribution >= 0.6 is 0 Å². The maximum Gasteiger partial charge on any atom is 0.307 e. The summed E-state index contributed by atoms with van der Waals surface area (Å²) in [6, 6.07) is 25.7. The molecule has 1 aromatic heterocycles. The van der Waals surface area contributed by atoms with E-state index in [1.807, 2.05) is 72.8 Å². The molecule has 4 aromatic rings. The minimum atomic E-state index is -0.741. The Hall–Kier alpha value is -4.90. The number of rotatable bonds is 7. The van der Waals surface area contributed by atoms with E-state index in [2.05, 4.69) is 16.4 Å². The molecule has 42 heavy (non-hydrogen) atoms. The number of esters is 1. The van der Waals surface area contributed by atoms with Gasteiger partial charge in [-0.15, -0.1) is 0 Å². The average molecular weight is 563 g/mol. The van der Waals surface area contributed by atoms with Gasteiger partial charge in [0.15, 0.2) is 0 Å². The van der Waals surface area contributed by atoms with Gasteiger partial charge in [-0.25, -0.2) is 0 Å². The summed E-state index contributed by atoms with van der Waals surface area (Å²) in [5.41, 5.74) is 4.06. The van der Waals surface area contributed by atoms with Crippen LogP contribution in [-0.4, -0.2) is 45.9 Å². The van der Waals surface area contributed by atoms with Gasteiger partial charge >= 0.3 is 5.97 Å². The fourth-order valence-electron chi connectivity index (χ4n) is 5.40. The number of anilines is 1. The van der Waals surface area contributed by atoms with Gasteiger partial charge in [0.2, 0.25) is 11.8 Å². The molecule has 0 radical (unpaired) electrons. The molecule has 0 spiro atoms. The standard InChI is InChI=1S/C34H34N4O4/c1-34(2,3)42-31(39)20-27(23-8-5-4-6-9-23)33(41)38-17-7-10-30(38)32(40)36-26-14-12-24(13-15-26)29-19-25-18-22(21-35)11-16-28(25)37-29/h4-6,8-9,11-16,18-19,27,30,37H,7,10,17,20H2,1-3H3,(H,36,40)/t27-,30-/m0/s1. The number of H-pyrrole nitrogens is 1. The van der Waals surface area contributed by atoms with E-state index in [1.54, 1.807) is 31.7 Å². The van der Waals surface area contributed by atoms with Crippen LogP contribution in [-0.2, 0) is 19.1 Å². The monoisotopic (exact) mass is 562 g/mol.